The molecule has 30 heavy (non-hydrogen) atoms. The van der Waals surface area contributed by atoms with Crippen LogP contribution < -0.4 is 5.32 Å². The summed E-state index contributed by atoms with van der Waals surface area (Å²) in [5, 5.41) is 3.73. The van der Waals surface area contributed by atoms with Gasteiger partial charge in [-0.05, 0) is 53.4 Å². The van der Waals surface area contributed by atoms with Crippen LogP contribution in [0.5, 0.6) is 0 Å². The summed E-state index contributed by atoms with van der Waals surface area (Å²) in [4.78, 5) is 17.1. The fourth-order valence-electron chi connectivity index (χ4n) is 3.11. The zero-order valence-corrected chi connectivity index (χ0v) is 18.3. The summed E-state index contributed by atoms with van der Waals surface area (Å²) in [6.45, 7) is 6.42. The lowest BCUT2D eigenvalue weighted by Gasteiger charge is -2.19. The molecule has 1 heterocycles. The third kappa shape index (κ3) is 4.07. The molecule has 0 unspecified atom stereocenters. The molecule has 0 atom stereocenters. The van der Waals surface area contributed by atoms with E-state index < -0.39 is 0 Å². The van der Waals surface area contributed by atoms with Gasteiger partial charge in [-0.2, -0.15) is 0 Å². The van der Waals surface area contributed by atoms with Gasteiger partial charge < -0.3 is 9.73 Å². The molecule has 0 aliphatic heterocycles. The number of hydrogen-bond acceptors (Lipinski definition) is 3. The van der Waals surface area contributed by atoms with Crippen LogP contribution in [0.25, 0.3) is 22.6 Å². The lowest BCUT2D eigenvalue weighted by Crippen LogP contribution is -2.14. The Labute approximate surface area is 184 Å². The number of carbonyl (C=O) groups is 1. The molecule has 0 saturated carbocycles. The Hall–Kier alpha value is -2.82. The first-order valence-corrected chi connectivity index (χ1v) is 10.2. The molecule has 0 aliphatic carbocycles. The number of oxazole rings is 1. The number of halogens is 2. The number of rotatable bonds is 3. The zero-order chi connectivity index (χ0) is 21.5. The van der Waals surface area contributed by atoms with Gasteiger partial charge in [-0.1, -0.05) is 62.2 Å². The van der Waals surface area contributed by atoms with E-state index in [-0.39, 0.29) is 11.3 Å². The third-order valence-corrected chi connectivity index (χ3v) is 5.66. The predicted octanol–water partition coefficient (Wildman–Crippen LogP) is 7.35. The standard InChI is InChI=1S/C24H20Cl2N2O2/c1-24(2,3)15-9-7-14(8-10-15)22(29)27-16-11-12-20-19(13-16)28-23(30-20)17-5-4-6-18(25)21(17)26/h4-13H,1-3H3,(H,27,29). The fraction of sp³-hybridized carbons (Fsp3) is 0.167. The highest BCUT2D eigenvalue weighted by molar-refractivity contribution is 6.43. The molecule has 4 nitrogen and oxygen atoms in total. The van der Waals surface area contributed by atoms with Crippen LogP contribution in [-0.2, 0) is 5.41 Å². The Balaban J connectivity index is 1.58. The Morgan fingerprint density at radius 3 is 2.43 bits per heavy atom. The number of carbonyl (C=O) groups excluding carboxylic acids is 1. The largest absolute Gasteiger partial charge is 0.436 e. The summed E-state index contributed by atoms with van der Waals surface area (Å²) in [7, 11) is 0. The van der Waals surface area contributed by atoms with Crippen molar-refractivity contribution in [3.05, 3.63) is 81.8 Å². The number of nitrogens with zero attached hydrogens (tertiary/aromatic N) is 1. The minimum absolute atomic E-state index is 0.0383. The normalized spacial score (nSPS) is 11.6. The van der Waals surface area contributed by atoms with Crippen LogP contribution in [0.4, 0.5) is 5.69 Å². The fourth-order valence-corrected chi connectivity index (χ4v) is 3.50. The van der Waals surface area contributed by atoms with Crippen molar-refractivity contribution < 1.29 is 9.21 Å². The lowest BCUT2D eigenvalue weighted by atomic mass is 9.87. The third-order valence-electron chi connectivity index (χ3n) is 4.84. The highest BCUT2D eigenvalue weighted by atomic mass is 35.5. The van der Waals surface area contributed by atoms with Crippen LogP contribution in [-0.4, -0.2) is 10.9 Å². The molecule has 0 aliphatic rings. The van der Waals surface area contributed by atoms with E-state index in [0.29, 0.717) is 43.9 Å². The van der Waals surface area contributed by atoms with Crippen molar-refractivity contribution in [2.45, 2.75) is 26.2 Å². The maximum atomic E-state index is 12.6. The van der Waals surface area contributed by atoms with Crippen molar-refractivity contribution >= 4 is 45.9 Å². The molecule has 6 heteroatoms. The van der Waals surface area contributed by atoms with E-state index in [9.17, 15) is 4.79 Å². The van der Waals surface area contributed by atoms with Gasteiger partial charge in [0.1, 0.15) is 5.52 Å². The molecule has 1 N–H and O–H groups in total. The van der Waals surface area contributed by atoms with Gasteiger partial charge in [-0.3, -0.25) is 4.79 Å². The number of hydrogen-bond donors (Lipinski definition) is 1. The smallest absolute Gasteiger partial charge is 0.255 e. The number of aromatic nitrogens is 1. The highest BCUT2D eigenvalue weighted by Crippen LogP contribution is 2.35. The van der Waals surface area contributed by atoms with Crippen molar-refractivity contribution in [1.29, 1.82) is 0 Å². The average molecular weight is 439 g/mol. The molecular weight excluding hydrogens is 419 g/mol. The number of benzene rings is 3. The SMILES string of the molecule is CC(C)(C)c1ccc(C(=O)Nc2ccc3oc(-c4cccc(Cl)c4Cl)nc3c2)cc1. The monoisotopic (exact) mass is 438 g/mol. The summed E-state index contributed by atoms with van der Waals surface area (Å²) < 4.78 is 5.81. The average Bonchev–Trinajstić information content (AvgIpc) is 3.12. The van der Waals surface area contributed by atoms with E-state index >= 15 is 0 Å². The first kappa shape index (κ1) is 20.5. The number of amides is 1. The molecule has 0 bridgehead atoms. The number of fused-ring (bicyclic) bond motifs is 1. The van der Waals surface area contributed by atoms with Crippen LogP contribution in [0.1, 0.15) is 36.7 Å². The minimum atomic E-state index is -0.184. The van der Waals surface area contributed by atoms with E-state index in [1.54, 1.807) is 36.4 Å². The van der Waals surface area contributed by atoms with Crippen molar-refractivity contribution in [2.24, 2.45) is 0 Å². The van der Waals surface area contributed by atoms with Crippen LogP contribution >= 0.6 is 23.2 Å². The van der Waals surface area contributed by atoms with Gasteiger partial charge in [0.2, 0.25) is 5.89 Å². The van der Waals surface area contributed by atoms with Crippen LogP contribution in [0.2, 0.25) is 10.0 Å². The van der Waals surface area contributed by atoms with E-state index in [2.05, 4.69) is 31.1 Å². The number of nitrogens with one attached hydrogen (secondary N) is 1. The number of anilines is 1. The maximum Gasteiger partial charge on any atom is 0.255 e. The summed E-state index contributed by atoms with van der Waals surface area (Å²) in [6, 6.07) is 18.2. The molecule has 1 aromatic heterocycles. The molecule has 4 rings (SSSR count). The van der Waals surface area contributed by atoms with Gasteiger partial charge in [-0.25, -0.2) is 4.98 Å². The topological polar surface area (TPSA) is 55.1 Å². The molecule has 0 spiro atoms. The van der Waals surface area contributed by atoms with Gasteiger partial charge >= 0.3 is 0 Å². The molecule has 0 saturated heterocycles. The Kier molecular flexibility index (Phi) is 5.31. The minimum Gasteiger partial charge on any atom is -0.436 e. The summed E-state index contributed by atoms with van der Waals surface area (Å²) in [5.41, 5.74) is 4.26. The second-order valence-electron chi connectivity index (χ2n) is 8.08. The van der Waals surface area contributed by atoms with E-state index in [0.717, 1.165) is 0 Å². The molecule has 4 aromatic rings. The molecule has 1 amide bonds. The van der Waals surface area contributed by atoms with Gasteiger partial charge in [0, 0.05) is 11.3 Å². The van der Waals surface area contributed by atoms with Crippen molar-refractivity contribution in [2.75, 3.05) is 5.32 Å². The van der Waals surface area contributed by atoms with Gasteiger partial charge in [0.15, 0.2) is 5.58 Å². The van der Waals surface area contributed by atoms with Crippen molar-refractivity contribution in [3.8, 4) is 11.5 Å². The Morgan fingerprint density at radius 1 is 1.00 bits per heavy atom. The first-order chi connectivity index (χ1) is 14.2. The van der Waals surface area contributed by atoms with Crippen LogP contribution in [0.3, 0.4) is 0 Å². The second kappa shape index (κ2) is 7.78. The summed E-state index contributed by atoms with van der Waals surface area (Å²) >= 11 is 12.4. The van der Waals surface area contributed by atoms with Crippen LogP contribution in [0, 0.1) is 0 Å². The van der Waals surface area contributed by atoms with E-state index in [1.807, 2.05) is 24.3 Å². The van der Waals surface area contributed by atoms with Gasteiger partial charge in [0.25, 0.3) is 5.91 Å². The second-order valence-corrected chi connectivity index (χ2v) is 8.87. The molecule has 0 radical (unpaired) electrons. The van der Waals surface area contributed by atoms with E-state index in [1.165, 1.54) is 5.56 Å². The molecule has 3 aromatic carbocycles. The van der Waals surface area contributed by atoms with E-state index in [4.69, 9.17) is 27.6 Å². The van der Waals surface area contributed by atoms with Gasteiger partial charge in [-0.15, -0.1) is 0 Å². The predicted molar refractivity (Wildman–Crippen MR) is 123 cm³/mol. The molecular formula is C24H20Cl2N2O2. The summed E-state index contributed by atoms with van der Waals surface area (Å²) in [6.07, 6.45) is 0. The Bertz CT molecular complexity index is 1240. The lowest BCUT2D eigenvalue weighted by molar-refractivity contribution is 0.102. The van der Waals surface area contributed by atoms with Crippen molar-refractivity contribution in [1.82, 2.24) is 4.98 Å². The maximum absolute atomic E-state index is 12.6. The quantitative estimate of drug-likeness (QED) is 0.363. The summed E-state index contributed by atoms with van der Waals surface area (Å²) in [5.74, 6) is 0.190. The highest BCUT2D eigenvalue weighted by Gasteiger charge is 2.16. The van der Waals surface area contributed by atoms with Crippen LogP contribution in [0.15, 0.2) is 65.1 Å². The molecule has 152 valence electrons. The molecule has 0 fully saturated rings. The van der Waals surface area contributed by atoms with Crippen molar-refractivity contribution in [3.63, 3.8) is 0 Å². The Morgan fingerprint density at radius 2 is 1.73 bits per heavy atom. The first-order valence-electron chi connectivity index (χ1n) is 9.49. The zero-order valence-electron chi connectivity index (χ0n) is 16.8. The van der Waals surface area contributed by atoms with Gasteiger partial charge in [0.05, 0.1) is 15.6 Å².